The van der Waals surface area contributed by atoms with Crippen molar-refractivity contribution in [1.82, 2.24) is 4.98 Å². The maximum Gasteiger partial charge on any atom is 0.248 e. The fraction of sp³-hybridized carbons (Fsp3) is 0.385. The van der Waals surface area contributed by atoms with Gasteiger partial charge in [-0.05, 0) is 42.9 Å². The van der Waals surface area contributed by atoms with E-state index in [-0.39, 0.29) is 0 Å². The number of pyridine rings is 1. The van der Waals surface area contributed by atoms with Crippen LogP contribution in [0.4, 0.5) is 4.39 Å². The minimum absolute atomic E-state index is 0.408. The van der Waals surface area contributed by atoms with Crippen molar-refractivity contribution in [3.05, 3.63) is 29.7 Å². The Hall–Kier alpha value is -1.71. The number of hydrogen-bond acceptors (Lipinski definition) is 3. The monoisotopic (exact) mass is 235 g/mol. The van der Waals surface area contributed by atoms with Crippen molar-refractivity contribution in [1.29, 1.82) is 0 Å². The average Bonchev–Trinajstić information content (AvgIpc) is 2.34. The quantitative estimate of drug-likeness (QED) is 0.819. The van der Waals surface area contributed by atoms with Crippen molar-refractivity contribution in [2.75, 3.05) is 0 Å². The summed E-state index contributed by atoms with van der Waals surface area (Å²) >= 11 is 0. The van der Waals surface area contributed by atoms with Crippen LogP contribution in [0, 0.1) is 11.7 Å². The molecule has 3 nitrogen and oxygen atoms in total. The Kier molecular flexibility index (Phi) is 3.52. The lowest BCUT2D eigenvalue weighted by Crippen LogP contribution is -2.06. The smallest absolute Gasteiger partial charge is 0.248 e. The van der Waals surface area contributed by atoms with Gasteiger partial charge in [0.05, 0.1) is 5.69 Å². The predicted octanol–water partition coefficient (Wildman–Crippen LogP) is 2.70. The molecule has 4 heteroatoms. The Morgan fingerprint density at radius 1 is 1.53 bits per heavy atom. The molecule has 0 spiro atoms. The molecule has 0 aromatic carbocycles. The van der Waals surface area contributed by atoms with Crippen molar-refractivity contribution >= 4 is 11.9 Å². The first-order valence-electron chi connectivity index (χ1n) is 5.69. The third-order valence-electron chi connectivity index (χ3n) is 3.11. The van der Waals surface area contributed by atoms with Gasteiger partial charge in [-0.2, -0.15) is 0 Å². The van der Waals surface area contributed by atoms with Crippen molar-refractivity contribution < 1.29 is 14.3 Å². The molecule has 0 radical (unpaired) electrons. The molecule has 17 heavy (non-hydrogen) atoms. The van der Waals surface area contributed by atoms with E-state index in [1.165, 1.54) is 6.07 Å². The van der Waals surface area contributed by atoms with Gasteiger partial charge in [0, 0.05) is 6.42 Å². The molecule has 2 rings (SSSR count). The molecule has 1 heterocycles. The molecule has 90 valence electrons. The number of carbonyl (C=O) groups is 1. The van der Waals surface area contributed by atoms with E-state index in [2.05, 4.69) is 4.98 Å². The van der Waals surface area contributed by atoms with Gasteiger partial charge in [0.1, 0.15) is 6.29 Å². The van der Waals surface area contributed by atoms with Crippen LogP contribution in [0.5, 0.6) is 5.88 Å². The molecule has 1 aromatic heterocycles. The molecule has 1 aliphatic rings. The van der Waals surface area contributed by atoms with Gasteiger partial charge in [0.25, 0.3) is 0 Å². The van der Waals surface area contributed by atoms with E-state index < -0.39 is 11.7 Å². The molecule has 1 unspecified atom stereocenters. The highest BCUT2D eigenvalue weighted by molar-refractivity contribution is 5.64. The second-order valence-corrected chi connectivity index (χ2v) is 4.27. The Bertz CT molecular complexity index is 457. The van der Waals surface area contributed by atoms with Crippen LogP contribution in [0.25, 0.3) is 5.57 Å². The van der Waals surface area contributed by atoms with Crippen LogP contribution >= 0.6 is 0 Å². The number of hydrogen-bond donors (Lipinski definition) is 1. The molecule has 0 fully saturated rings. The summed E-state index contributed by atoms with van der Waals surface area (Å²) in [5.41, 5.74) is 1.64. The third-order valence-corrected chi connectivity index (χ3v) is 3.11. The Labute approximate surface area is 99.0 Å². The van der Waals surface area contributed by atoms with Gasteiger partial charge in [-0.3, -0.25) is 0 Å². The Morgan fingerprint density at radius 2 is 2.35 bits per heavy atom. The van der Waals surface area contributed by atoms with Gasteiger partial charge in [0.15, 0.2) is 5.82 Å². The second kappa shape index (κ2) is 5.08. The Morgan fingerprint density at radius 3 is 2.94 bits per heavy atom. The van der Waals surface area contributed by atoms with Crippen LogP contribution in [0.2, 0.25) is 0 Å². The molecule has 1 atom stereocenters. The lowest BCUT2D eigenvalue weighted by molar-refractivity contribution is -0.108. The van der Waals surface area contributed by atoms with Gasteiger partial charge in [0.2, 0.25) is 5.88 Å². The molecular weight excluding hydrogens is 221 g/mol. The number of aromatic nitrogens is 1. The number of aromatic hydroxyl groups is 1. The van der Waals surface area contributed by atoms with Gasteiger partial charge >= 0.3 is 0 Å². The molecule has 1 aromatic rings. The van der Waals surface area contributed by atoms with Crippen LogP contribution in [0.1, 0.15) is 31.4 Å². The second-order valence-electron chi connectivity index (χ2n) is 4.27. The van der Waals surface area contributed by atoms with Crippen molar-refractivity contribution in [3.8, 4) is 5.88 Å². The minimum atomic E-state index is -0.705. The summed E-state index contributed by atoms with van der Waals surface area (Å²) in [5.74, 6) is -0.854. The molecule has 0 saturated heterocycles. The lowest BCUT2D eigenvalue weighted by atomic mass is 9.86. The average molecular weight is 235 g/mol. The zero-order chi connectivity index (χ0) is 12.3. The van der Waals surface area contributed by atoms with Crippen LogP contribution in [-0.2, 0) is 4.79 Å². The summed E-state index contributed by atoms with van der Waals surface area (Å²) in [6.45, 7) is 0. The summed E-state index contributed by atoms with van der Waals surface area (Å²) in [7, 11) is 0. The first-order chi connectivity index (χ1) is 8.20. The molecule has 1 aliphatic carbocycles. The third kappa shape index (κ3) is 2.70. The van der Waals surface area contributed by atoms with Crippen LogP contribution < -0.4 is 0 Å². The maximum absolute atomic E-state index is 12.9. The highest BCUT2D eigenvalue weighted by Gasteiger charge is 2.16. The number of rotatable bonds is 3. The number of carbonyl (C=O) groups excluding carboxylic acids is 1. The van der Waals surface area contributed by atoms with Gasteiger partial charge in [-0.15, -0.1) is 0 Å². The van der Waals surface area contributed by atoms with Crippen LogP contribution in [-0.4, -0.2) is 16.4 Å². The van der Waals surface area contributed by atoms with Gasteiger partial charge < -0.3 is 9.90 Å². The topological polar surface area (TPSA) is 50.2 Å². The zero-order valence-electron chi connectivity index (χ0n) is 9.40. The lowest BCUT2D eigenvalue weighted by Gasteiger charge is -2.19. The van der Waals surface area contributed by atoms with Crippen molar-refractivity contribution in [2.45, 2.75) is 25.7 Å². The minimum Gasteiger partial charge on any atom is -0.491 e. The van der Waals surface area contributed by atoms with E-state index in [0.29, 0.717) is 18.0 Å². The fourth-order valence-electron chi connectivity index (χ4n) is 2.08. The first kappa shape index (κ1) is 11.8. The molecular formula is C13H14FNO2. The van der Waals surface area contributed by atoms with E-state index in [0.717, 1.165) is 31.1 Å². The van der Waals surface area contributed by atoms with Crippen molar-refractivity contribution in [3.63, 3.8) is 0 Å². The Balaban J connectivity index is 2.13. The standard InChI is InChI=1S/C13H14FNO2/c14-11-5-6-12(15-13(11)17)10-3-1-9(2-4-10)7-8-16/h3,5-6,8-9H,1-2,4,7H2,(H,15,17). The van der Waals surface area contributed by atoms with E-state index in [9.17, 15) is 14.3 Å². The molecule has 0 amide bonds. The van der Waals surface area contributed by atoms with Gasteiger partial charge in [-0.25, -0.2) is 9.37 Å². The van der Waals surface area contributed by atoms with E-state index in [1.807, 2.05) is 6.08 Å². The number of aldehydes is 1. The number of halogens is 1. The highest BCUT2D eigenvalue weighted by atomic mass is 19.1. The van der Waals surface area contributed by atoms with Crippen LogP contribution in [0.15, 0.2) is 18.2 Å². The maximum atomic E-state index is 12.9. The number of allylic oxidation sites excluding steroid dienone is 2. The number of nitrogens with zero attached hydrogens (tertiary/aromatic N) is 1. The van der Waals surface area contributed by atoms with Gasteiger partial charge in [-0.1, -0.05) is 6.08 Å². The molecule has 0 bridgehead atoms. The first-order valence-corrected chi connectivity index (χ1v) is 5.69. The molecule has 0 aliphatic heterocycles. The summed E-state index contributed by atoms with van der Waals surface area (Å²) in [6, 6.07) is 2.79. The summed E-state index contributed by atoms with van der Waals surface area (Å²) in [5, 5.41) is 9.21. The predicted molar refractivity (Wildman–Crippen MR) is 61.9 cm³/mol. The summed E-state index contributed by atoms with van der Waals surface area (Å²) < 4.78 is 12.9. The van der Waals surface area contributed by atoms with Crippen LogP contribution in [0.3, 0.4) is 0 Å². The molecule has 1 N–H and O–H groups in total. The van der Waals surface area contributed by atoms with E-state index >= 15 is 0 Å². The largest absolute Gasteiger partial charge is 0.491 e. The fourth-order valence-corrected chi connectivity index (χ4v) is 2.08. The SMILES string of the molecule is O=CCC1CC=C(c2ccc(F)c(O)n2)CC1. The van der Waals surface area contributed by atoms with Crippen molar-refractivity contribution in [2.24, 2.45) is 5.92 Å². The highest BCUT2D eigenvalue weighted by Crippen LogP contribution is 2.31. The normalized spacial score (nSPS) is 19.8. The summed E-state index contributed by atoms with van der Waals surface area (Å²) in [4.78, 5) is 14.2. The summed E-state index contributed by atoms with van der Waals surface area (Å²) in [6.07, 6.45) is 6.16. The van der Waals surface area contributed by atoms with E-state index in [1.54, 1.807) is 6.07 Å². The molecule has 0 saturated carbocycles. The van der Waals surface area contributed by atoms with E-state index in [4.69, 9.17) is 0 Å². The zero-order valence-corrected chi connectivity index (χ0v) is 9.40.